The van der Waals surface area contributed by atoms with Crippen molar-refractivity contribution in [3.8, 4) is 28.4 Å². The number of hydrogen-bond acceptors (Lipinski definition) is 6. The van der Waals surface area contributed by atoms with Crippen molar-refractivity contribution in [2.24, 2.45) is 0 Å². The summed E-state index contributed by atoms with van der Waals surface area (Å²) in [6.07, 6.45) is 1.69. The average Bonchev–Trinajstić information content (AvgIpc) is 3.05. The van der Waals surface area contributed by atoms with Crippen LogP contribution in [0.15, 0.2) is 103 Å². The van der Waals surface area contributed by atoms with E-state index in [9.17, 15) is 15.0 Å². The molecule has 1 fully saturated rings. The summed E-state index contributed by atoms with van der Waals surface area (Å²) in [5.41, 5.74) is 6.43. The Bertz CT molecular complexity index is 1720. The number of ether oxygens (including phenoxy) is 1. The number of benzene rings is 5. The molecule has 6 heteroatoms. The third-order valence-electron chi connectivity index (χ3n) is 8.50. The summed E-state index contributed by atoms with van der Waals surface area (Å²) in [4.78, 5) is 16.4. The molecule has 6 rings (SSSR count). The van der Waals surface area contributed by atoms with Gasteiger partial charge >= 0.3 is 0 Å². The van der Waals surface area contributed by atoms with E-state index in [0.29, 0.717) is 6.61 Å². The van der Waals surface area contributed by atoms with Crippen LogP contribution in [0.1, 0.15) is 34.8 Å². The molecule has 6 nitrogen and oxygen atoms in total. The van der Waals surface area contributed by atoms with E-state index in [1.54, 1.807) is 31.2 Å². The van der Waals surface area contributed by atoms with Crippen LogP contribution in [-0.2, 0) is 6.42 Å². The van der Waals surface area contributed by atoms with E-state index in [0.717, 1.165) is 78.8 Å². The topological polar surface area (TPSA) is 73.2 Å². The number of hydrogen-bond donors (Lipinski definition) is 2. The van der Waals surface area contributed by atoms with Crippen molar-refractivity contribution in [3.63, 3.8) is 0 Å². The fourth-order valence-corrected chi connectivity index (χ4v) is 6.01. The van der Waals surface area contributed by atoms with E-state index in [1.807, 2.05) is 60.7 Å². The fraction of sp³-hybridized carbons (Fsp3) is 0.237. The maximum Gasteiger partial charge on any atom is 0.159 e. The first-order valence-corrected chi connectivity index (χ1v) is 15.3. The number of aromatic hydroxyl groups is 2. The van der Waals surface area contributed by atoms with Crippen molar-refractivity contribution in [2.75, 3.05) is 44.2 Å². The van der Waals surface area contributed by atoms with Gasteiger partial charge in [-0.3, -0.25) is 9.69 Å². The highest BCUT2D eigenvalue weighted by atomic mass is 16.5. The zero-order chi connectivity index (χ0) is 30.5. The number of Topliss-reactive ketones (excluding diaryl/α,β-unsaturated/α-hetero) is 1. The van der Waals surface area contributed by atoms with E-state index < -0.39 is 0 Å². The number of rotatable bonds is 10. The lowest BCUT2D eigenvalue weighted by Crippen LogP contribution is -2.46. The van der Waals surface area contributed by atoms with E-state index in [4.69, 9.17) is 4.74 Å². The van der Waals surface area contributed by atoms with Gasteiger partial charge in [0.1, 0.15) is 17.2 Å². The Morgan fingerprint density at radius 2 is 1.48 bits per heavy atom. The van der Waals surface area contributed by atoms with Gasteiger partial charge < -0.3 is 19.8 Å². The normalized spacial score (nSPS) is 13.7. The summed E-state index contributed by atoms with van der Waals surface area (Å²) in [5.74, 6) is 1.47. The van der Waals surface area contributed by atoms with Gasteiger partial charge in [0.2, 0.25) is 0 Å². The molecule has 5 aromatic rings. The van der Waals surface area contributed by atoms with Gasteiger partial charge in [-0.25, -0.2) is 0 Å². The first kappa shape index (κ1) is 29.3. The number of phenols is 2. The molecule has 0 aromatic heterocycles. The molecule has 1 saturated heterocycles. The number of nitrogens with zero attached hydrogens (tertiary/aromatic N) is 2. The van der Waals surface area contributed by atoms with Crippen molar-refractivity contribution in [2.45, 2.75) is 19.8 Å². The molecule has 0 radical (unpaired) electrons. The molecule has 0 aliphatic carbocycles. The molecule has 5 aromatic carbocycles. The Labute approximate surface area is 258 Å². The standard InChI is InChI=1S/C38H38N2O4/c1-27(41)29-5-10-32(11-6-29)40-22-20-39(21-23-40)19-2-24-44-35-15-3-28(4-16-35)25-38-36(30-7-12-33(42)13-8-30)17-9-31-26-34(43)14-18-37(31)38/h3-18,26,42-43H,2,19-25H2,1H3. The third kappa shape index (κ3) is 6.87. The van der Waals surface area contributed by atoms with Crippen LogP contribution in [0.3, 0.4) is 0 Å². The smallest absolute Gasteiger partial charge is 0.159 e. The van der Waals surface area contributed by atoms with Gasteiger partial charge in [0, 0.05) is 44.0 Å². The number of carbonyl (C=O) groups is 1. The molecule has 1 aliphatic heterocycles. The molecule has 1 heterocycles. The minimum atomic E-state index is 0.101. The van der Waals surface area contributed by atoms with Gasteiger partial charge in [0.25, 0.3) is 0 Å². The van der Waals surface area contributed by atoms with Crippen molar-refractivity contribution in [1.82, 2.24) is 4.90 Å². The molecular weight excluding hydrogens is 548 g/mol. The zero-order valence-corrected chi connectivity index (χ0v) is 25.1. The van der Waals surface area contributed by atoms with E-state index in [1.165, 1.54) is 16.8 Å². The molecule has 0 unspecified atom stereocenters. The SMILES string of the molecule is CC(=O)c1ccc(N2CCN(CCCOc3ccc(Cc4c(-c5ccc(O)cc5)ccc5cc(O)ccc45)cc3)CC2)cc1. The quantitative estimate of drug-likeness (QED) is 0.132. The maximum atomic E-state index is 11.5. The van der Waals surface area contributed by atoms with Crippen molar-refractivity contribution >= 4 is 22.2 Å². The second kappa shape index (κ2) is 13.2. The van der Waals surface area contributed by atoms with Gasteiger partial charge in [-0.1, -0.05) is 42.5 Å². The summed E-state index contributed by atoms with van der Waals surface area (Å²) in [7, 11) is 0. The van der Waals surface area contributed by atoms with Gasteiger partial charge in [-0.15, -0.1) is 0 Å². The van der Waals surface area contributed by atoms with Gasteiger partial charge in [0.05, 0.1) is 6.61 Å². The maximum absolute atomic E-state index is 11.5. The summed E-state index contributed by atoms with van der Waals surface area (Å²) >= 11 is 0. The molecular formula is C38H38N2O4. The highest BCUT2D eigenvalue weighted by Crippen LogP contribution is 2.34. The van der Waals surface area contributed by atoms with Crippen molar-refractivity contribution < 1.29 is 19.7 Å². The first-order chi connectivity index (χ1) is 21.4. The molecule has 1 aliphatic rings. The predicted octanol–water partition coefficient (Wildman–Crippen LogP) is 7.30. The molecule has 0 atom stereocenters. The molecule has 224 valence electrons. The monoisotopic (exact) mass is 586 g/mol. The van der Waals surface area contributed by atoms with Gasteiger partial charge in [-0.2, -0.15) is 0 Å². The number of fused-ring (bicyclic) bond motifs is 1. The number of ketones is 1. The number of phenolic OH excluding ortho intramolecular Hbond substituents is 2. The van der Waals surface area contributed by atoms with Crippen LogP contribution in [0.25, 0.3) is 21.9 Å². The molecule has 0 spiro atoms. The zero-order valence-electron chi connectivity index (χ0n) is 25.1. The van der Waals surface area contributed by atoms with Crippen LogP contribution in [0, 0.1) is 0 Å². The molecule has 2 N–H and O–H groups in total. The van der Waals surface area contributed by atoms with Crippen LogP contribution in [0.4, 0.5) is 5.69 Å². The summed E-state index contributed by atoms with van der Waals surface area (Å²) in [5, 5.41) is 21.9. The van der Waals surface area contributed by atoms with Crippen LogP contribution in [0.5, 0.6) is 17.2 Å². The van der Waals surface area contributed by atoms with Crippen LogP contribution in [-0.4, -0.2) is 60.2 Å². The Hall–Kier alpha value is -4.81. The first-order valence-electron chi connectivity index (χ1n) is 15.3. The predicted molar refractivity (Wildman–Crippen MR) is 177 cm³/mol. The minimum absolute atomic E-state index is 0.101. The highest BCUT2D eigenvalue weighted by Gasteiger charge is 2.17. The molecule has 0 bridgehead atoms. The fourth-order valence-electron chi connectivity index (χ4n) is 6.01. The molecule has 0 saturated carbocycles. The lowest BCUT2D eigenvalue weighted by atomic mass is 9.90. The van der Waals surface area contributed by atoms with E-state index >= 15 is 0 Å². The van der Waals surface area contributed by atoms with E-state index in [2.05, 4.69) is 28.0 Å². The van der Waals surface area contributed by atoms with E-state index in [-0.39, 0.29) is 17.3 Å². The van der Waals surface area contributed by atoms with Gasteiger partial charge in [0.15, 0.2) is 5.78 Å². The average molecular weight is 587 g/mol. The lowest BCUT2D eigenvalue weighted by molar-refractivity contribution is 0.101. The molecule has 0 amide bonds. The summed E-state index contributed by atoms with van der Waals surface area (Å²) in [6, 6.07) is 33.2. The van der Waals surface area contributed by atoms with Crippen LogP contribution >= 0.6 is 0 Å². The number of carbonyl (C=O) groups excluding carboxylic acids is 1. The Balaban J connectivity index is 1.02. The largest absolute Gasteiger partial charge is 0.508 e. The lowest BCUT2D eigenvalue weighted by Gasteiger charge is -2.36. The Kier molecular flexibility index (Phi) is 8.80. The van der Waals surface area contributed by atoms with Crippen molar-refractivity contribution in [3.05, 3.63) is 120 Å². The van der Waals surface area contributed by atoms with Crippen LogP contribution in [0.2, 0.25) is 0 Å². The summed E-state index contributed by atoms with van der Waals surface area (Å²) in [6.45, 7) is 7.27. The number of anilines is 1. The Morgan fingerprint density at radius 3 is 2.18 bits per heavy atom. The van der Waals surface area contributed by atoms with Gasteiger partial charge in [-0.05, 0) is 113 Å². The van der Waals surface area contributed by atoms with Crippen molar-refractivity contribution in [1.29, 1.82) is 0 Å². The summed E-state index contributed by atoms with van der Waals surface area (Å²) < 4.78 is 6.09. The number of piperazine rings is 1. The minimum Gasteiger partial charge on any atom is -0.508 e. The Morgan fingerprint density at radius 1 is 0.773 bits per heavy atom. The second-order valence-electron chi connectivity index (χ2n) is 11.5. The molecule has 44 heavy (non-hydrogen) atoms. The highest BCUT2D eigenvalue weighted by molar-refractivity contribution is 5.94. The second-order valence-corrected chi connectivity index (χ2v) is 11.5. The third-order valence-corrected chi connectivity index (χ3v) is 8.50. The van der Waals surface area contributed by atoms with Crippen LogP contribution < -0.4 is 9.64 Å².